The smallest absolute Gasteiger partial charge is 0.191 e. The summed E-state index contributed by atoms with van der Waals surface area (Å²) >= 11 is 1.36. The van der Waals surface area contributed by atoms with Gasteiger partial charge in [0, 0.05) is 19.0 Å². The van der Waals surface area contributed by atoms with Crippen LogP contribution in [-0.4, -0.2) is 46.2 Å². The third-order valence-electron chi connectivity index (χ3n) is 4.74. The van der Waals surface area contributed by atoms with E-state index in [1.807, 2.05) is 43.7 Å². The molecule has 1 aromatic heterocycles. The van der Waals surface area contributed by atoms with Gasteiger partial charge in [0.15, 0.2) is 20.8 Å². The Hall–Kier alpha value is -1.67. The second-order valence-electron chi connectivity index (χ2n) is 6.96. The number of ketones is 1. The van der Waals surface area contributed by atoms with E-state index in [9.17, 15) is 13.2 Å². The molecule has 0 N–H and O–H groups in total. The van der Waals surface area contributed by atoms with Crippen molar-refractivity contribution in [2.45, 2.75) is 31.8 Å². The van der Waals surface area contributed by atoms with E-state index in [-0.39, 0.29) is 23.2 Å². The van der Waals surface area contributed by atoms with Crippen LogP contribution in [0.3, 0.4) is 0 Å². The van der Waals surface area contributed by atoms with Crippen LogP contribution in [0.25, 0.3) is 0 Å². The zero-order chi connectivity index (χ0) is 18.9. The quantitative estimate of drug-likeness (QED) is 0.554. The highest BCUT2D eigenvalue weighted by Gasteiger charge is 2.29. The Kier molecular flexibility index (Phi) is 5.53. The van der Waals surface area contributed by atoms with Crippen molar-refractivity contribution in [2.24, 2.45) is 13.0 Å². The van der Waals surface area contributed by atoms with E-state index < -0.39 is 9.84 Å². The minimum absolute atomic E-state index is 0.0685. The number of aromatic nitrogens is 3. The fourth-order valence-corrected chi connectivity index (χ4v) is 5.95. The molecule has 8 heteroatoms. The average Bonchev–Trinajstić information content (AvgIpc) is 3.08. The van der Waals surface area contributed by atoms with Crippen LogP contribution in [0.4, 0.5) is 0 Å². The van der Waals surface area contributed by atoms with Crippen molar-refractivity contribution < 1.29 is 13.2 Å². The molecule has 1 fully saturated rings. The van der Waals surface area contributed by atoms with Crippen molar-refractivity contribution in [3.63, 3.8) is 0 Å². The number of thioether (sulfide) groups is 1. The first-order valence-corrected chi connectivity index (χ1v) is 11.4. The Morgan fingerprint density at radius 3 is 2.73 bits per heavy atom. The van der Waals surface area contributed by atoms with Gasteiger partial charge < -0.3 is 4.57 Å². The molecule has 2 aromatic rings. The van der Waals surface area contributed by atoms with E-state index in [2.05, 4.69) is 10.2 Å². The SMILES string of the molecule is Cc1ccc(C(=O)CSc2nnc(C[C@@H]3CCS(=O)(=O)C3)n2C)c(C)c1. The number of hydrogen-bond donors (Lipinski definition) is 0. The second kappa shape index (κ2) is 7.52. The molecule has 1 aliphatic heterocycles. The lowest BCUT2D eigenvalue weighted by Crippen LogP contribution is -2.11. The number of Topliss-reactive ketones (excluding diaryl/α,β-unsaturated/α-hetero) is 1. The normalized spacial score (nSPS) is 19.0. The number of rotatable bonds is 6. The third kappa shape index (κ3) is 4.35. The standard InChI is InChI=1S/C18H23N3O3S2/c1-12-4-5-15(13(2)8-12)16(22)10-25-18-20-19-17(21(18)3)9-14-6-7-26(23,24)11-14/h4-5,8,14H,6-7,9-11H2,1-3H3/t14-/m0/s1. The number of benzene rings is 1. The van der Waals surface area contributed by atoms with E-state index in [0.717, 1.165) is 22.5 Å². The molecule has 0 saturated carbocycles. The summed E-state index contributed by atoms with van der Waals surface area (Å²) in [6, 6.07) is 5.82. The fraction of sp³-hybridized carbons (Fsp3) is 0.500. The highest BCUT2D eigenvalue weighted by molar-refractivity contribution is 7.99. The molecule has 2 heterocycles. The summed E-state index contributed by atoms with van der Waals surface area (Å²) < 4.78 is 25.1. The number of sulfone groups is 1. The van der Waals surface area contributed by atoms with Gasteiger partial charge in [0.1, 0.15) is 5.82 Å². The maximum Gasteiger partial charge on any atom is 0.191 e. The van der Waals surface area contributed by atoms with Gasteiger partial charge in [-0.25, -0.2) is 8.42 Å². The summed E-state index contributed by atoms with van der Waals surface area (Å²) in [5.74, 6) is 1.74. The predicted octanol–water partition coefficient (Wildman–Crippen LogP) is 2.38. The summed E-state index contributed by atoms with van der Waals surface area (Å²) in [6.07, 6.45) is 1.29. The van der Waals surface area contributed by atoms with E-state index in [1.165, 1.54) is 11.8 Å². The molecule has 1 saturated heterocycles. The largest absolute Gasteiger partial charge is 0.309 e. The van der Waals surface area contributed by atoms with Crippen LogP contribution in [-0.2, 0) is 23.3 Å². The minimum atomic E-state index is -2.89. The minimum Gasteiger partial charge on any atom is -0.309 e. The second-order valence-corrected chi connectivity index (χ2v) is 10.1. The Labute approximate surface area is 158 Å². The molecule has 1 aromatic carbocycles. The highest BCUT2D eigenvalue weighted by Crippen LogP contribution is 2.24. The molecule has 0 amide bonds. The van der Waals surface area contributed by atoms with Crippen molar-refractivity contribution in [1.29, 1.82) is 0 Å². The lowest BCUT2D eigenvalue weighted by Gasteiger charge is -2.08. The molecule has 3 rings (SSSR count). The zero-order valence-electron chi connectivity index (χ0n) is 15.2. The van der Waals surface area contributed by atoms with Crippen molar-refractivity contribution >= 4 is 27.4 Å². The number of aryl methyl sites for hydroxylation is 2. The first kappa shape index (κ1) is 19.1. The van der Waals surface area contributed by atoms with Crippen LogP contribution in [0.1, 0.15) is 33.7 Å². The molecule has 0 bridgehead atoms. The lowest BCUT2D eigenvalue weighted by atomic mass is 10.0. The summed E-state index contributed by atoms with van der Waals surface area (Å²) in [6.45, 7) is 3.95. The summed E-state index contributed by atoms with van der Waals surface area (Å²) in [4.78, 5) is 12.5. The highest BCUT2D eigenvalue weighted by atomic mass is 32.2. The molecule has 0 radical (unpaired) electrons. The monoisotopic (exact) mass is 393 g/mol. The molecule has 6 nitrogen and oxygen atoms in total. The predicted molar refractivity (Wildman–Crippen MR) is 102 cm³/mol. The van der Waals surface area contributed by atoms with Gasteiger partial charge in [-0.05, 0) is 31.7 Å². The molecular formula is C18H23N3O3S2. The van der Waals surface area contributed by atoms with Gasteiger partial charge in [-0.2, -0.15) is 0 Å². The van der Waals surface area contributed by atoms with Gasteiger partial charge in [0.05, 0.1) is 17.3 Å². The van der Waals surface area contributed by atoms with Crippen LogP contribution >= 0.6 is 11.8 Å². The Balaban J connectivity index is 1.62. The Morgan fingerprint density at radius 2 is 2.08 bits per heavy atom. The van der Waals surface area contributed by atoms with Crippen LogP contribution in [0.5, 0.6) is 0 Å². The van der Waals surface area contributed by atoms with Crippen LogP contribution < -0.4 is 0 Å². The third-order valence-corrected chi connectivity index (χ3v) is 7.59. The van der Waals surface area contributed by atoms with E-state index in [1.54, 1.807) is 0 Å². The number of nitrogens with zero attached hydrogens (tertiary/aromatic N) is 3. The first-order valence-electron chi connectivity index (χ1n) is 8.57. The zero-order valence-corrected chi connectivity index (χ0v) is 16.9. The lowest BCUT2D eigenvalue weighted by molar-refractivity contribution is 0.102. The fourth-order valence-electron chi connectivity index (χ4n) is 3.27. The van der Waals surface area contributed by atoms with Crippen LogP contribution in [0.2, 0.25) is 0 Å². The van der Waals surface area contributed by atoms with E-state index >= 15 is 0 Å². The average molecular weight is 394 g/mol. The van der Waals surface area contributed by atoms with E-state index in [4.69, 9.17) is 0 Å². The van der Waals surface area contributed by atoms with Gasteiger partial charge in [-0.1, -0.05) is 35.5 Å². The first-order chi connectivity index (χ1) is 12.2. The molecule has 0 aliphatic carbocycles. The van der Waals surface area contributed by atoms with Crippen molar-refractivity contribution in [3.05, 3.63) is 40.7 Å². The van der Waals surface area contributed by atoms with Crippen LogP contribution in [0, 0.1) is 19.8 Å². The molecule has 0 unspecified atom stereocenters. The number of carbonyl (C=O) groups excluding carboxylic acids is 1. The van der Waals surface area contributed by atoms with Gasteiger partial charge in [-0.15, -0.1) is 10.2 Å². The maximum absolute atomic E-state index is 12.5. The summed E-state index contributed by atoms with van der Waals surface area (Å²) in [5, 5.41) is 9.04. The van der Waals surface area contributed by atoms with Crippen molar-refractivity contribution in [2.75, 3.05) is 17.3 Å². The van der Waals surface area contributed by atoms with Gasteiger partial charge in [0.25, 0.3) is 0 Å². The van der Waals surface area contributed by atoms with Crippen LogP contribution in [0.15, 0.2) is 23.4 Å². The molecule has 26 heavy (non-hydrogen) atoms. The molecule has 0 spiro atoms. The number of carbonyl (C=O) groups is 1. The van der Waals surface area contributed by atoms with E-state index in [0.29, 0.717) is 23.8 Å². The van der Waals surface area contributed by atoms with Gasteiger partial charge >= 0.3 is 0 Å². The number of hydrogen-bond acceptors (Lipinski definition) is 6. The van der Waals surface area contributed by atoms with Gasteiger partial charge in [-0.3, -0.25) is 4.79 Å². The Bertz CT molecular complexity index is 935. The molecule has 1 aliphatic rings. The van der Waals surface area contributed by atoms with Gasteiger partial charge in [0.2, 0.25) is 0 Å². The molecule has 1 atom stereocenters. The Morgan fingerprint density at radius 1 is 1.31 bits per heavy atom. The summed E-state index contributed by atoms with van der Waals surface area (Å²) in [7, 11) is -1.02. The maximum atomic E-state index is 12.5. The molecular weight excluding hydrogens is 370 g/mol. The van der Waals surface area contributed by atoms with Crippen molar-refractivity contribution in [3.8, 4) is 0 Å². The molecule has 140 valence electrons. The van der Waals surface area contributed by atoms with Crippen molar-refractivity contribution in [1.82, 2.24) is 14.8 Å². The topological polar surface area (TPSA) is 81.9 Å². The summed E-state index contributed by atoms with van der Waals surface area (Å²) in [5.41, 5.74) is 2.86.